The standard InChI is InChI=1S/C26H33N5O3S/c1-3-30-22(16-19-11-12-20(25(27)28)17-23(19)30)14-13-21-10-7-15-31(21)26(32)24(29-35(2,33)34)18-8-5-4-6-9-18/h4-6,8-9,11-12,16-17,21,24,29H,3,7,10,13-15H2,1-2H3,(H3,27,28). The number of hydrogen-bond donors (Lipinski definition) is 3. The number of sulfonamides is 1. The van der Waals surface area contributed by atoms with Crippen LogP contribution in [-0.2, 0) is 27.8 Å². The van der Waals surface area contributed by atoms with Gasteiger partial charge in [-0.15, -0.1) is 0 Å². The summed E-state index contributed by atoms with van der Waals surface area (Å²) in [6.45, 7) is 3.51. The molecule has 4 N–H and O–H groups in total. The summed E-state index contributed by atoms with van der Waals surface area (Å²) in [4.78, 5) is 15.4. The molecular formula is C26H33N5O3S. The molecular weight excluding hydrogens is 462 g/mol. The van der Waals surface area contributed by atoms with Gasteiger partial charge >= 0.3 is 0 Å². The number of hydrogen-bond acceptors (Lipinski definition) is 4. The van der Waals surface area contributed by atoms with Gasteiger partial charge in [-0.3, -0.25) is 10.2 Å². The summed E-state index contributed by atoms with van der Waals surface area (Å²) in [5.41, 5.74) is 9.26. The minimum atomic E-state index is -3.58. The van der Waals surface area contributed by atoms with E-state index >= 15 is 0 Å². The van der Waals surface area contributed by atoms with Crippen molar-refractivity contribution in [2.24, 2.45) is 5.73 Å². The lowest BCUT2D eigenvalue weighted by Crippen LogP contribution is -2.44. The van der Waals surface area contributed by atoms with Crippen molar-refractivity contribution >= 4 is 32.7 Å². The lowest BCUT2D eigenvalue weighted by atomic mass is 10.0. The summed E-state index contributed by atoms with van der Waals surface area (Å²) in [5, 5.41) is 8.85. The second kappa shape index (κ2) is 10.2. The number of aryl methyl sites for hydroxylation is 2. The van der Waals surface area contributed by atoms with E-state index in [-0.39, 0.29) is 17.8 Å². The first-order chi connectivity index (χ1) is 16.7. The van der Waals surface area contributed by atoms with Crippen LogP contribution in [-0.4, -0.2) is 48.5 Å². The normalized spacial score (nSPS) is 17.1. The van der Waals surface area contributed by atoms with Gasteiger partial charge < -0.3 is 15.2 Å². The van der Waals surface area contributed by atoms with Gasteiger partial charge in [0.25, 0.3) is 0 Å². The van der Waals surface area contributed by atoms with E-state index in [1.54, 1.807) is 12.1 Å². The van der Waals surface area contributed by atoms with Crippen LogP contribution in [0.3, 0.4) is 0 Å². The third-order valence-electron chi connectivity index (χ3n) is 6.72. The van der Waals surface area contributed by atoms with Gasteiger partial charge in [-0.05, 0) is 55.7 Å². The van der Waals surface area contributed by atoms with E-state index in [2.05, 4.69) is 22.3 Å². The van der Waals surface area contributed by atoms with Crippen LogP contribution in [0.2, 0.25) is 0 Å². The monoisotopic (exact) mass is 495 g/mol. The van der Waals surface area contributed by atoms with E-state index < -0.39 is 16.1 Å². The van der Waals surface area contributed by atoms with Crippen molar-refractivity contribution in [1.82, 2.24) is 14.2 Å². The van der Waals surface area contributed by atoms with Gasteiger partial charge in [-0.2, -0.15) is 4.72 Å². The number of amidine groups is 1. The van der Waals surface area contributed by atoms with Crippen LogP contribution in [0, 0.1) is 5.41 Å². The van der Waals surface area contributed by atoms with Crippen LogP contribution in [0.4, 0.5) is 0 Å². The zero-order valence-corrected chi connectivity index (χ0v) is 21.0. The van der Waals surface area contributed by atoms with E-state index in [1.165, 1.54) is 5.69 Å². The molecule has 8 nitrogen and oxygen atoms in total. The van der Waals surface area contributed by atoms with Crippen LogP contribution < -0.4 is 10.5 Å². The first-order valence-electron chi connectivity index (χ1n) is 12.0. The Labute approximate surface area is 206 Å². The maximum atomic E-state index is 13.6. The fraction of sp³-hybridized carbons (Fsp3) is 0.385. The number of aromatic nitrogens is 1. The number of nitrogens with one attached hydrogen (secondary N) is 2. The summed E-state index contributed by atoms with van der Waals surface area (Å²) < 4.78 is 28.9. The molecule has 0 saturated carbocycles. The van der Waals surface area contributed by atoms with Crippen molar-refractivity contribution in [3.63, 3.8) is 0 Å². The molecule has 2 heterocycles. The lowest BCUT2D eigenvalue weighted by molar-refractivity contribution is -0.134. The zero-order valence-electron chi connectivity index (χ0n) is 20.2. The Bertz CT molecular complexity index is 1330. The Kier molecular flexibility index (Phi) is 7.28. The Hall–Kier alpha value is -3.17. The van der Waals surface area contributed by atoms with Gasteiger partial charge in [0.05, 0.1) is 6.26 Å². The van der Waals surface area contributed by atoms with Crippen LogP contribution >= 0.6 is 0 Å². The average Bonchev–Trinajstić information content (AvgIpc) is 3.44. The highest BCUT2D eigenvalue weighted by atomic mass is 32.2. The molecule has 1 saturated heterocycles. The quantitative estimate of drug-likeness (QED) is 0.312. The number of benzene rings is 2. The van der Waals surface area contributed by atoms with Gasteiger partial charge in [0.15, 0.2) is 0 Å². The minimum Gasteiger partial charge on any atom is -0.384 e. The molecule has 1 fully saturated rings. The number of carbonyl (C=O) groups excluding carboxylic acids is 1. The third-order valence-corrected chi connectivity index (χ3v) is 7.39. The maximum absolute atomic E-state index is 13.6. The molecule has 35 heavy (non-hydrogen) atoms. The molecule has 0 aliphatic carbocycles. The number of amides is 1. The fourth-order valence-corrected chi connectivity index (χ4v) is 5.75. The molecule has 3 aromatic rings. The zero-order chi connectivity index (χ0) is 25.2. The lowest BCUT2D eigenvalue weighted by Gasteiger charge is -2.29. The van der Waals surface area contributed by atoms with E-state index in [0.717, 1.165) is 49.4 Å². The second-order valence-corrected chi connectivity index (χ2v) is 10.9. The van der Waals surface area contributed by atoms with Gasteiger partial charge in [-0.25, -0.2) is 8.42 Å². The molecule has 2 aromatic carbocycles. The van der Waals surface area contributed by atoms with Crippen LogP contribution in [0.15, 0.2) is 54.6 Å². The number of nitrogens with two attached hydrogens (primary N) is 1. The number of likely N-dealkylation sites (tertiary alicyclic amines) is 1. The molecule has 1 aliphatic heterocycles. The average molecular weight is 496 g/mol. The van der Waals surface area contributed by atoms with E-state index in [4.69, 9.17) is 11.1 Å². The van der Waals surface area contributed by atoms with Gasteiger partial charge in [0, 0.05) is 35.9 Å². The highest BCUT2D eigenvalue weighted by Gasteiger charge is 2.35. The van der Waals surface area contributed by atoms with Gasteiger partial charge in [0.1, 0.15) is 11.9 Å². The second-order valence-electron chi connectivity index (χ2n) is 9.17. The predicted molar refractivity (Wildman–Crippen MR) is 139 cm³/mol. The Balaban J connectivity index is 1.54. The maximum Gasteiger partial charge on any atom is 0.245 e. The number of nitrogens with zero attached hydrogens (tertiary/aromatic N) is 2. The number of carbonyl (C=O) groups is 1. The van der Waals surface area contributed by atoms with Crippen molar-refractivity contribution in [2.75, 3.05) is 12.8 Å². The summed E-state index contributed by atoms with van der Waals surface area (Å²) in [6, 6.07) is 16.1. The van der Waals surface area contributed by atoms with Crippen molar-refractivity contribution in [3.8, 4) is 0 Å². The topological polar surface area (TPSA) is 121 Å². The molecule has 0 radical (unpaired) electrons. The van der Waals surface area contributed by atoms with Crippen LogP contribution in [0.25, 0.3) is 10.9 Å². The number of nitrogen functional groups attached to an aromatic ring is 1. The highest BCUT2D eigenvalue weighted by molar-refractivity contribution is 7.88. The molecule has 9 heteroatoms. The van der Waals surface area contributed by atoms with E-state index in [1.807, 2.05) is 41.3 Å². The Morgan fingerprint density at radius 2 is 1.94 bits per heavy atom. The SMILES string of the molecule is CCn1c(CCC2CCCN2C(=O)C(NS(C)(=O)=O)c2ccccc2)cc2ccc(C(=N)N)cc21. The van der Waals surface area contributed by atoms with E-state index in [9.17, 15) is 13.2 Å². The Morgan fingerprint density at radius 1 is 1.20 bits per heavy atom. The molecule has 4 rings (SSSR count). The van der Waals surface area contributed by atoms with Crippen LogP contribution in [0.1, 0.15) is 49.0 Å². The van der Waals surface area contributed by atoms with Crippen molar-refractivity contribution < 1.29 is 13.2 Å². The first-order valence-corrected chi connectivity index (χ1v) is 13.9. The van der Waals surface area contributed by atoms with Crippen molar-refractivity contribution in [3.05, 3.63) is 71.4 Å². The predicted octanol–water partition coefficient (Wildman–Crippen LogP) is 3.16. The third kappa shape index (κ3) is 5.57. The molecule has 0 bridgehead atoms. The smallest absolute Gasteiger partial charge is 0.245 e. The number of fused-ring (bicyclic) bond motifs is 1. The summed E-state index contributed by atoms with van der Waals surface area (Å²) in [6.07, 6.45) is 4.46. The molecule has 1 aliphatic rings. The fourth-order valence-electron chi connectivity index (χ4n) is 5.09. The molecule has 1 amide bonds. The minimum absolute atomic E-state index is 0.0474. The van der Waals surface area contributed by atoms with Gasteiger partial charge in [0.2, 0.25) is 15.9 Å². The molecule has 0 spiro atoms. The Morgan fingerprint density at radius 3 is 2.60 bits per heavy atom. The van der Waals surface area contributed by atoms with E-state index in [0.29, 0.717) is 17.7 Å². The largest absolute Gasteiger partial charge is 0.384 e. The number of rotatable bonds is 9. The van der Waals surface area contributed by atoms with Gasteiger partial charge in [-0.1, -0.05) is 42.5 Å². The highest BCUT2D eigenvalue weighted by Crippen LogP contribution is 2.28. The molecule has 1 aromatic heterocycles. The summed E-state index contributed by atoms with van der Waals surface area (Å²) in [5.74, 6) is -0.153. The van der Waals surface area contributed by atoms with Crippen molar-refractivity contribution in [1.29, 1.82) is 5.41 Å². The molecule has 186 valence electrons. The molecule has 2 atom stereocenters. The summed E-state index contributed by atoms with van der Waals surface area (Å²) in [7, 11) is -3.58. The molecule has 2 unspecified atom stereocenters. The van der Waals surface area contributed by atoms with Crippen LogP contribution in [0.5, 0.6) is 0 Å². The van der Waals surface area contributed by atoms with Crippen molar-refractivity contribution in [2.45, 2.75) is 51.2 Å². The first kappa shape index (κ1) is 24.9. The summed E-state index contributed by atoms with van der Waals surface area (Å²) >= 11 is 0.